The lowest BCUT2D eigenvalue weighted by atomic mass is 10.2. The highest BCUT2D eigenvalue weighted by molar-refractivity contribution is 5.94. The summed E-state index contributed by atoms with van der Waals surface area (Å²) in [5, 5.41) is 11.9. The number of para-hydroxylation sites is 1. The summed E-state index contributed by atoms with van der Waals surface area (Å²) < 4.78 is 18.1. The number of aryl methyl sites for hydroxylation is 1. The van der Waals surface area contributed by atoms with Gasteiger partial charge in [-0.3, -0.25) is 4.79 Å². The monoisotopic (exact) mass is 376 g/mol. The van der Waals surface area contributed by atoms with Gasteiger partial charge in [-0.15, -0.1) is 10.2 Å². The van der Waals surface area contributed by atoms with Crippen LogP contribution in [0.1, 0.15) is 5.89 Å². The summed E-state index contributed by atoms with van der Waals surface area (Å²) in [6.07, 6.45) is 0. The van der Waals surface area contributed by atoms with E-state index in [1.807, 2.05) is 34.9 Å². The van der Waals surface area contributed by atoms with E-state index < -0.39 is 0 Å². The third kappa shape index (κ3) is 2.84. The first-order chi connectivity index (χ1) is 13.7. The summed E-state index contributed by atoms with van der Waals surface area (Å²) in [5.41, 5.74) is 2.25. The summed E-state index contributed by atoms with van der Waals surface area (Å²) >= 11 is 0. The predicted octanol–water partition coefficient (Wildman–Crippen LogP) is 3.37. The second kappa shape index (κ2) is 6.41. The van der Waals surface area contributed by atoms with Gasteiger partial charge in [-0.25, -0.2) is 0 Å². The average Bonchev–Trinajstić information content (AvgIpc) is 3.40. The molecule has 3 heterocycles. The van der Waals surface area contributed by atoms with E-state index >= 15 is 0 Å². The van der Waals surface area contributed by atoms with Gasteiger partial charge < -0.3 is 23.8 Å². The number of carbonyl (C=O) groups excluding carboxylic acids is 1. The van der Waals surface area contributed by atoms with E-state index in [0.717, 1.165) is 10.9 Å². The molecular weight excluding hydrogens is 360 g/mol. The topological polar surface area (TPSA) is 91.4 Å². The summed E-state index contributed by atoms with van der Waals surface area (Å²) in [6.45, 7) is 2.02. The van der Waals surface area contributed by atoms with Crippen molar-refractivity contribution in [3.63, 3.8) is 0 Å². The predicted molar refractivity (Wildman–Crippen MR) is 101 cm³/mol. The number of ether oxygens (including phenoxy) is 2. The fourth-order valence-electron chi connectivity index (χ4n) is 3.28. The molecule has 1 aliphatic heterocycles. The van der Waals surface area contributed by atoms with Crippen molar-refractivity contribution in [2.45, 2.75) is 13.5 Å². The van der Waals surface area contributed by atoms with Gasteiger partial charge in [0.1, 0.15) is 12.2 Å². The average molecular weight is 376 g/mol. The van der Waals surface area contributed by atoms with Crippen molar-refractivity contribution in [2.75, 3.05) is 12.1 Å². The maximum atomic E-state index is 12.7. The highest BCUT2D eigenvalue weighted by Gasteiger charge is 2.18. The summed E-state index contributed by atoms with van der Waals surface area (Å²) in [7, 11) is 0. The maximum absolute atomic E-state index is 12.7. The molecule has 0 aliphatic carbocycles. The van der Waals surface area contributed by atoms with Gasteiger partial charge in [-0.2, -0.15) is 0 Å². The number of anilines is 1. The third-order valence-corrected chi connectivity index (χ3v) is 4.51. The Morgan fingerprint density at radius 3 is 2.82 bits per heavy atom. The zero-order chi connectivity index (χ0) is 19.1. The smallest absolute Gasteiger partial charge is 0.264 e. The molecule has 4 aromatic rings. The standard InChI is InChI=1S/C20H16N4O4/c1-12-22-23-20(28-12)16-8-13-4-2-3-5-15(13)24(16)10-19(25)21-14-6-7-17-18(9-14)27-11-26-17/h2-9H,10-11H2,1H3,(H,21,25). The molecule has 0 atom stereocenters. The van der Waals surface area contributed by atoms with E-state index in [-0.39, 0.29) is 19.2 Å². The highest BCUT2D eigenvalue weighted by atomic mass is 16.7. The molecule has 1 aliphatic rings. The van der Waals surface area contributed by atoms with Gasteiger partial charge in [0, 0.05) is 29.6 Å². The van der Waals surface area contributed by atoms with Crippen molar-refractivity contribution in [1.82, 2.24) is 14.8 Å². The fourth-order valence-corrected chi connectivity index (χ4v) is 3.28. The van der Waals surface area contributed by atoms with Gasteiger partial charge in [-0.1, -0.05) is 18.2 Å². The molecule has 1 N–H and O–H groups in total. The van der Waals surface area contributed by atoms with E-state index in [9.17, 15) is 4.79 Å². The van der Waals surface area contributed by atoms with Gasteiger partial charge in [0.15, 0.2) is 11.5 Å². The molecule has 0 bridgehead atoms. The zero-order valence-corrected chi connectivity index (χ0v) is 15.0. The van der Waals surface area contributed by atoms with Crippen LogP contribution in [-0.4, -0.2) is 27.5 Å². The second-order valence-corrected chi connectivity index (χ2v) is 6.42. The first kappa shape index (κ1) is 16.4. The summed E-state index contributed by atoms with van der Waals surface area (Å²) in [5.74, 6) is 1.95. The van der Waals surface area contributed by atoms with Crippen LogP contribution < -0.4 is 14.8 Å². The lowest BCUT2D eigenvalue weighted by Gasteiger charge is -2.10. The van der Waals surface area contributed by atoms with Crippen LogP contribution in [0.4, 0.5) is 5.69 Å². The molecule has 8 nitrogen and oxygen atoms in total. The van der Waals surface area contributed by atoms with Crippen molar-refractivity contribution >= 4 is 22.5 Å². The van der Waals surface area contributed by atoms with Crippen molar-refractivity contribution in [1.29, 1.82) is 0 Å². The van der Waals surface area contributed by atoms with Crippen LogP contribution in [0.3, 0.4) is 0 Å². The van der Waals surface area contributed by atoms with Crippen LogP contribution in [0.25, 0.3) is 22.5 Å². The molecule has 0 saturated carbocycles. The molecule has 0 fully saturated rings. The molecule has 140 valence electrons. The Kier molecular flexibility index (Phi) is 3.75. The van der Waals surface area contributed by atoms with Crippen molar-refractivity contribution in [3.05, 3.63) is 54.4 Å². The number of nitrogens with zero attached hydrogens (tertiary/aromatic N) is 3. The molecule has 0 saturated heterocycles. The lowest BCUT2D eigenvalue weighted by Crippen LogP contribution is -2.19. The molecule has 0 radical (unpaired) electrons. The first-order valence-corrected chi connectivity index (χ1v) is 8.75. The second-order valence-electron chi connectivity index (χ2n) is 6.42. The summed E-state index contributed by atoms with van der Waals surface area (Å²) in [4.78, 5) is 12.7. The van der Waals surface area contributed by atoms with Crippen LogP contribution in [0.2, 0.25) is 0 Å². The molecule has 5 rings (SSSR count). The Labute approximate surface area is 159 Å². The van der Waals surface area contributed by atoms with Crippen LogP contribution in [0.15, 0.2) is 52.9 Å². The number of rotatable bonds is 4. The quantitative estimate of drug-likeness (QED) is 0.587. The maximum Gasteiger partial charge on any atom is 0.264 e. The van der Waals surface area contributed by atoms with Crippen molar-refractivity contribution in [3.8, 4) is 23.1 Å². The number of hydrogen-bond donors (Lipinski definition) is 1. The van der Waals surface area contributed by atoms with E-state index in [0.29, 0.717) is 34.7 Å². The minimum atomic E-state index is -0.183. The van der Waals surface area contributed by atoms with Crippen molar-refractivity contribution < 1.29 is 18.7 Å². The van der Waals surface area contributed by atoms with Crippen LogP contribution in [0, 0.1) is 6.92 Å². The number of amides is 1. The number of aromatic nitrogens is 3. The van der Waals surface area contributed by atoms with E-state index in [1.54, 1.807) is 25.1 Å². The highest BCUT2D eigenvalue weighted by Crippen LogP contribution is 2.34. The van der Waals surface area contributed by atoms with Gasteiger partial charge in [0.25, 0.3) is 5.89 Å². The minimum absolute atomic E-state index is 0.0959. The molecule has 0 spiro atoms. The first-order valence-electron chi connectivity index (χ1n) is 8.75. The number of fused-ring (bicyclic) bond motifs is 2. The van der Waals surface area contributed by atoms with E-state index in [2.05, 4.69) is 15.5 Å². The van der Waals surface area contributed by atoms with E-state index in [4.69, 9.17) is 13.9 Å². The Hall–Kier alpha value is -3.81. The Morgan fingerprint density at radius 2 is 1.96 bits per heavy atom. The lowest BCUT2D eigenvalue weighted by molar-refractivity contribution is -0.116. The van der Waals surface area contributed by atoms with Crippen LogP contribution in [0.5, 0.6) is 11.5 Å². The van der Waals surface area contributed by atoms with Gasteiger partial charge >= 0.3 is 0 Å². The fraction of sp³-hybridized carbons (Fsp3) is 0.150. The SMILES string of the molecule is Cc1nnc(-c2cc3ccccc3n2CC(=O)Nc2ccc3c(c2)OCO3)o1. The molecule has 1 amide bonds. The molecule has 2 aromatic heterocycles. The minimum Gasteiger partial charge on any atom is -0.454 e. The van der Waals surface area contributed by atoms with Crippen LogP contribution >= 0.6 is 0 Å². The molecule has 0 unspecified atom stereocenters. The molecule has 8 heteroatoms. The third-order valence-electron chi connectivity index (χ3n) is 4.51. The zero-order valence-electron chi connectivity index (χ0n) is 15.0. The van der Waals surface area contributed by atoms with Crippen molar-refractivity contribution in [2.24, 2.45) is 0 Å². The summed E-state index contributed by atoms with van der Waals surface area (Å²) in [6, 6.07) is 15.0. The number of nitrogens with one attached hydrogen (secondary N) is 1. The Bertz CT molecular complexity index is 1190. The van der Waals surface area contributed by atoms with Gasteiger partial charge in [0.05, 0.1) is 0 Å². The molecule has 2 aromatic carbocycles. The van der Waals surface area contributed by atoms with E-state index in [1.165, 1.54) is 0 Å². The number of benzene rings is 2. The van der Waals surface area contributed by atoms with Gasteiger partial charge in [-0.05, 0) is 24.3 Å². The Morgan fingerprint density at radius 1 is 1.11 bits per heavy atom. The number of carbonyl (C=O) groups is 1. The molecule has 28 heavy (non-hydrogen) atoms. The largest absolute Gasteiger partial charge is 0.454 e. The normalized spacial score (nSPS) is 12.5. The molecular formula is C20H16N4O4. The van der Waals surface area contributed by atoms with Crippen LogP contribution in [-0.2, 0) is 11.3 Å². The van der Waals surface area contributed by atoms with Gasteiger partial charge in [0.2, 0.25) is 18.6 Å². The Balaban J connectivity index is 1.46. The number of hydrogen-bond acceptors (Lipinski definition) is 6.